The number of likely N-dealkylation sites (tertiary alicyclic amines) is 1. The largest absolute Gasteiger partial charge is 0.417 e. The highest BCUT2D eigenvalue weighted by molar-refractivity contribution is 7.89. The van der Waals surface area contributed by atoms with Gasteiger partial charge in [-0.15, -0.1) is 0 Å². The first-order chi connectivity index (χ1) is 13.6. The van der Waals surface area contributed by atoms with Gasteiger partial charge in [0.25, 0.3) is 5.91 Å². The number of nitrogens with zero attached hydrogens (tertiary/aromatic N) is 1. The molecule has 0 saturated carbocycles. The number of amides is 1. The quantitative estimate of drug-likeness (QED) is 0.813. The molecular weight excluding hydrogens is 405 g/mol. The van der Waals surface area contributed by atoms with Gasteiger partial charge >= 0.3 is 6.18 Å². The third-order valence-electron chi connectivity index (χ3n) is 4.90. The molecule has 0 spiro atoms. The van der Waals surface area contributed by atoms with Crippen LogP contribution in [-0.2, 0) is 16.2 Å². The minimum atomic E-state index is -4.62. The highest BCUT2D eigenvalue weighted by Gasteiger charge is 2.36. The monoisotopic (exact) mass is 426 g/mol. The molecule has 0 aromatic heterocycles. The molecule has 9 heteroatoms. The van der Waals surface area contributed by atoms with Gasteiger partial charge in [0.1, 0.15) is 0 Å². The van der Waals surface area contributed by atoms with Crippen molar-refractivity contribution in [1.29, 1.82) is 0 Å². The van der Waals surface area contributed by atoms with E-state index in [1.165, 1.54) is 29.2 Å². The summed E-state index contributed by atoms with van der Waals surface area (Å²) in [6, 6.07) is 10.7. The number of sulfonamides is 1. The van der Waals surface area contributed by atoms with E-state index in [9.17, 15) is 26.4 Å². The van der Waals surface area contributed by atoms with Gasteiger partial charge in [0.05, 0.1) is 16.0 Å². The van der Waals surface area contributed by atoms with E-state index >= 15 is 0 Å². The average Bonchev–Trinajstić information content (AvgIpc) is 2.67. The van der Waals surface area contributed by atoms with Gasteiger partial charge in [0, 0.05) is 19.1 Å². The number of halogens is 3. The molecule has 1 aliphatic heterocycles. The first kappa shape index (κ1) is 21.3. The number of carbonyl (C=O) groups is 1. The van der Waals surface area contributed by atoms with Crippen LogP contribution < -0.4 is 4.72 Å². The number of hydrogen-bond acceptors (Lipinski definition) is 3. The molecule has 2 aromatic rings. The number of aryl methyl sites for hydroxylation is 1. The van der Waals surface area contributed by atoms with E-state index in [2.05, 4.69) is 4.72 Å². The zero-order valence-electron chi connectivity index (χ0n) is 15.7. The highest BCUT2D eigenvalue weighted by atomic mass is 32.2. The summed E-state index contributed by atoms with van der Waals surface area (Å²) >= 11 is 0. The summed E-state index contributed by atoms with van der Waals surface area (Å²) in [4.78, 5) is 14.1. The highest BCUT2D eigenvalue weighted by Crippen LogP contribution is 2.32. The summed E-state index contributed by atoms with van der Waals surface area (Å²) in [7, 11) is -3.69. The Morgan fingerprint density at radius 3 is 2.21 bits per heavy atom. The number of hydrogen-bond donors (Lipinski definition) is 1. The summed E-state index contributed by atoms with van der Waals surface area (Å²) in [6.07, 6.45) is -3.97. The third kappa shape index (κ3) is 4.97. The van der Waals surface area contributed by atoms with Gasteiger partial charge in [-0.3, -0.25) is 4.79 Å². The van der Waals surface area contributed by atoms with E-state index in [-0.39, 0.29) is 24.0 Å². The molecule has 1 fully saturated rings. The Labute approximate surface area is 167 Å². The van der Waals surface area contributed by atoms with Crippen LogP contribution in [0.1, 0.15) is 34.3 Å². The van der Waals surface area contributed by atoms with E-state index < -0.39 is 33.2 Å². The maximum absolute atomic E-state index is 13.2. The standard InChI is InChI=1S/C20H21F3N2O3S/c1-14-6-8-16(9-7-14)29(27,28)24-15-10-12-25(13-11-15)19(26)17-4-2-3-5-18(17)20(21,22)23/h2-9,15,24H,10-13H2,1H3. The molecule has 0 bridgehead atoms. The molecular formula is C20H21F3N2O3S. The average molecular weight is 426 g/mol. The maximum Gasteiger partial charge on any atom is 0.417 e. The first-order valence-electron chi connectivity index (χ1n) is 9.12. The van der Waals surface area contributed by atoms with Gasteiger partial charge in [-0.1, -0.05) is 29.8 Å². The molecule has 1 heterocycles. The third-order valence-corrected chi connectivity index (χ3v) is 6.43. The fourth-order valence-electron chi connectivity index (χ4n) is 3.29. The van der Waals surface area contributed by atoms with Crippen LogP contribution in [0, 0.1) is 6.92 Å². The molecule has 0 aliphatic carbocycles. The van der Waals surface area contributed by atoms with E-state index in [4.69, 9.17) is 0 Å². The molecule has 1 N–H and O–H groups in total. The van der Waals surface area contributed by atoms with Crippen molar-refractivity contribution in [2.45, 2.75) is 36.9 Å². The summed E-state index contributed by atoms with van der Waals surface area (Å²) in [5, 5.41) is 0. The van der Waals surface area contributed by atoms with Gasteiger partial charge < -0.3 is 4.90 Å². The minimum Gasteiger partial charge on any atom is -0.339 e. The molecule has 0 radical (unpaired) electrons. The van der Waals surface area contributed by atoms with Crippen LogP contribution in [0.25, 0.3) is 0 Å². The fourth-order valence-corrected chi connectivity index (χ4v) is 4.60. The number of piperidine rings is 1. The molecule has 29 heavy (non-hydrogen) atoms. The lowest BCUT2D eigenvalue weighted by molar-refractivity contribution is -0.138. The van der Waals surface area contributed by atoms with Crippen LogP contribution in [0.3, 0.4) is 0 Å². The Morgan fingerprint density at radius 2 is 1.62 bits per heavy atom. The molecule has 0 unspecified atom stereocenters. The van der Waals surface area contributed by atoms with E-state index in [0.29, 0.717) is 12.8 Å². The molecule has 0 atom stereocenters. The van der Waals surface area contributed by atoms with E-state index in [1.807, 2.05) is 6.92 Å². The van der Waals surface area contributed by atoms with Crippen molar-refractivity contribution < 1.29 is 26.4 Å². The molecule has 3 rings (SSSR count). The van der Waals surface area contributed by atoms with Crippen LogP contribution in [0.15, 0.2) is 53.4 Å². The second-order valence-corrected chi connectivity index (χ2v) is 8.76. The van der Waals surface area contributed by atoms with Crippen molar-refractivity contribution in [3.05, 3.63) is 65.2 Å². The number of rotatable bonds is 4. The van der Waals surface area contributed by atoms with Crippen molar-refractivity contribution in [3.63, 3.8) is 0 Å². The zero-order valence-corrected chi connectivity index (χ0v) is 16.6. The SMILES string of the molecule is Cc1ccc(S(=O)(=O)NC2CCN(C(=O)c3ccccc3C(F)(F)F)CC2)cc1. The lowest BCUT2D eigenvalue weighted by Gasteiger charge is -2.32. The Morgan fingerprint density at radius 1 is 1.03 bits per heavy atom. The molecule has 1 aliphatic rings. The predicted molar refractivity (Wildman–Crippen MR) is 102 cm³/mol. The number of carbonyl (C=O) groups excluding carboxylic acids is 1. The van der Waals surface area contributed by atoms with Crippen molar-refractivity contribution in [2.75, 3.05) is 13.1 Å². The number of benzene rings is 2. The van der Waals surface area contributed by atoms with Gasteiger partial charge in [0.2, 0.25) is 10.0 Å². The lowest BCUT2D eigenvalue weighted by Crippen LogP contribution is -2.46. The van der Waals surface area contributed by atoms with Crippen LogP contribution in [-0.4, -0.2) is 38.4 Å². The molecule has 2 aromatic carbocycles. The van der Waals surface area contributed by atoms with Crippen LogP contribution in [0.5, 0.6) is 0 Å². The van der Waals surface area contributed by atoms with Gasteiger partial charge in [-0.05, 0) is 44.0 Å². The first-order valence-corrected chi connectivity index (χ1v) is 10.6. The summed E-state index contributed by atoms with van der Waals surface area (Å²) in [5.74, 6) is -0.697. The second-order valence-electron chi connectivity index (χ2n) is 7.04. The van der Waals surface area contributed by atoms with Gasteiger partial charge in [-0.2, -0.15) is 13.2 Å². The zero-order chi connectivity index (χ0) is 21.2. The molecule has 5 nitrogen and oxygen atoms in total. The van der Waals surface area contributed by atoms with Crippen molar-refractivity contribution in [3.8, 4) is 0 Å². The van der Waals surface area contributed by atoms with Crippen molar-refractivity contribution in [2.24, 2.45) is 0 Å². The minimum absolute atomic E-state index is 0.153. The predicted octanol–water partition coefficient (Wildman–Crippen LogP) is 3.60. The smallest absolute Gasteiger partial charge is 0.339 e. The second kappa shape index (κ2) is 8.16. The Kier molecular flexibility index (Phi) is 6.00. The Hall–Kier alpha value is -2.39. The Balaban J connectivity index is 1.65. The van der Waals surface area contributed by atoms with Crippen molar-refractivity contribution in [1.82, 2.24) is 9.62 Å². The molecule has 1 amide bonds. The summed E-state index contributed by atoms with van der Waals surface area (Å²) < 4.78 is 67.1. The van der Waals surface area contributed by atoms with Crippen LogP contribution in [0.2, 0.25) is 0 Å². The van der Waals surface area contributed by atoms with E-state index in [0.717, 1.165) is 17.7 Å². The van der Waals surface area contributed by atoms with Crippen LogP contribution in [0.4, 0.5) is 13.2 Å². The maximum atomic E-state index is 13.2. The molecule has 1 saturated heterocycles. The number of nitrogens with one attached hydrogen (secondary N) is 1. The van der Waals surface area contributed by atoms with E-state index in [1.54, 1.807) is 12.1 Å². The number of alkyl halides is 3. The van der Waals surface area contributed by atoms with Gasteiger partial charge in [-0.25, -0.2) is 13.1 Å². The summed E-state index contributed by atoms with van der Waals surface area (Å²) in [6.45, 7) is 2.20. The van der Waals surface area contributed by atoms with Gasteiger partial charge in [0.15, 0.2) is 0 Å². The fraction of sp³-hybridized carbons (Fsp3) is 0.350. The normalized spacial score (nSPS) is 16.1. The summed E-state index contributed by atoms with van der Waals surface area (Å²) in [5.41, 5.74) is -0.416. The topological polar surface area (TPSA) is 66.5 Å². The molecule has 156 valence electrons. The Bertz CT molecular complexity index is 981. The lowest BCUT2D eigenvalue weighted by atomic mass is 10.0. The van der Waals surface area contributed by atoms with Crippen molar-refractivity contribution >= 4 is 15.9 Å². The van der Waals surface area contributed by atoms with Crippen LogP contribution >= 0.6 is 0 Å².